The summed E-state index contributed by atoms with van der Waals surface area (Å²) in [7, 11) is 0. The van der Waals surface area contributed by atoms with Crippen LogP contribution in [-0.2, 0) is 6.42 Å². The molecule has 0 spiro atoms. The second-order valence-corrected chi connectivity index (χ2v) is 3.55. The summed E-state index contributed by atoms with van der Waals surface area (Å²) in [6.07, 6.45) is 2.24. The molecule has 1 aliphatic heterocycles. The molecule has 13 heavy (non-hydrogen) atoms. The Bertz CT molecular complexity index is 307. The van der Waals surface area contributed by atoms with E-state index in [1.165, 1.54) is 17.8 Å². The lowest BCUT2D eigenvalue weighted by atomic mass is 10.1. The molecule has 1 aromatic heterocycles. The fraction of sp³-hybridized carbons (Fsp3) is 0.500. The molecule has 1 atom stereocenters. The number of hydrogen-bond donors (Lipinski definition) is 2. The summed E-state index contributed by atoms with van der Waals surface area (Å²) in [6.45, 7) is 3.02. The standard InChI is InChI=1S/C10H15N3/c1-7(11)8-4-5-9-10(13-8)3-2-6-12-9/h4-5,7,12H,2-3,6,11H2,1H3. The summed E-state index contributed by atoms with van der Waals surface area (Å²) in [5.41, 5.74) is 9.10. The van der Waals surface area contributed by atoms with Crippen molar-refractivity contribution in [2.75, 3.05) is 11.9 Å². The Morgan fingerprint density at radius 3 is 3.15 bits per heavy atom. The number of anilines is 1. The summed E-state index contributed by atoms with van der Waals surface area (Å²) < 4.78 is 0. The lowest BCUT2D eigenvalue weighted by Gasteiger charge is -2.18. The van der Waals surface area contributed by atoms with Crippen LogP contribution in [0.3, 0.4) is 0 Å². The first-order valence-electron chi connectivity index (χ1n) is 4.76. The second kappa shape index (κ2) is 3.34. The largest absolute Gasteiger partial charge is 0.384 e. The monoisotopic (exact) mass is 177 g/mol. The first-order valence-corrected chi connectivity index (χ1v) is 4.76. The van der Waals surface area contributed by atoms with Gasteiger partial charge in [-0.05, 0) is 31.9 Å². The Morgan fingerprint density at radius 1 is 1.54 bits per heavy atom. The predicted octanol–water partition coefficient (Wildman–Crippen LogP) is 1.46. The first kappa shape index (κ1) is 8.51. The van der Waals surface area contributed by atoms with E-state index >= 15 is 0 Å². The molecule has 1 aliphatic rings. The van der Waals surface area contributed by atoms with E-state index in [4.69, 9.17) is 5.73 Å². The summed E-state index contributed by atoms with van der Waals surface area (Å²) in [5.74, 6) is 0. The van der Waals surface area contributed by atoms with Gasteiger partial charge in [-0.25, -0.2) is 0 Å². The number of fused-ring (bicyclic) bond motifs is 1. The van der Waals surface area contributed by atoms with Crippen LogP contribution >= 0.6 is 0 Å². The number of aromatic nitrogens is 1. The average molecular weight is 177 g/mol. The number of pyridine rings is 1. The van der Waals surface area contributed by atoms with Gasteiger partial charge in [-0.15, -0.1) is 0 Å². The second-order valence-electron chi connectivity index (χ2n) is 3.55. The van der Waals surface area contributed by atoms with E-state index in [2.05, 4.69) is 16.4 Å². The van der Waals surface area contributed by atoms with Gasteiger partial charge in [0.15, 0.2) is 0 Å². The third-order valence-corrected chi connectivity index (χ3v) is 2.37. The number of hydrogen-bond acceptors (Lipinski definition) is 3. The topological polar surface area (TPSA) is 50.9 Å². The van der Waals surface area contributed by atoms with E-state index in [0.717, 1.165) is 18.7 Å². The van der Waals surface area contributed by atoms with Crippen LogP contribution in [0.1, 0.15) is 30.8 Å². The normalized spacial score (nSPS) is 17.4. The van der Waals surface area contributed by atoms with Gasteiger partial charge >= 0.3 is 0 Å². The van der Waals surface area contributed by atoms with Crippen molar-refractivity contribution >= 4 is 5.69 Å². The molecule has 0 saturated carbocycles. The van der Waals surface area contributed by atoms with E-state index in [1.807, 2.05) is 13.0 Å². The van der Waals surface area contributed by atoms with Gasteiger partial charge in [0.2, 0.25) is 0 Å². The van der Waals surface area contributed by atoms with Crippen LogP contribution in [-0.4, -0.2) is 11.5 Å². The zero-order valence-electron chi connectivity index (χ0n) is 7.88. The third kappa shape index (κ3) is 1.65. The number of rotatable bonds is 1. The fourth-order valence-corrected chi connectivity index (χ4v) is 1.60. The Morgan fingerprint density at radius 2 is 2.38 bits per heavy atom. The highest BCUT2D eigenvalue weighted by Gasteiger charge is 2.11. The Balaban J connectivity index is 2.35. The zero-order chi connectivity index (χ0) is 9.26. The molecule has 0 radical (unpaired) electrons. The van der Waals surface area contributed by atoms with Crippen LogP contribution in [0.5, 0.6) is 0 Å². The van der Waals surface area contributed by atoms with E-state index in [0.29, 0.717) is 0 Å². The highest BCUT2D eigenvalue weighted by Crippen LogP contribution is 2.21. The molecule has 3 N–H and O–H groups in total. The molecule has 0 bridgehead atoms. The van der Waals surface area contributed by atoms with Crippen LogP contribution < -0.4 is 11.1 Å². The van der Waals surface area contributed by atoms with E-state index in [-0.39, 0.29) is 6.04 Å². The maximum absolute atomic E-state index is 5.76. The summed E-state index contributed by atoms with van der Waals surface area (Å²) in [5, 5.41) is 3.33. The van der Waals surface area contributed by atoms with Gasteiger partial charge in [0.1, 0.15) is 0 Å². The van der Waals surface area contributed by atoms with Crippen molar-refractivity contribution in [1.29, 1.82) is 0 Å². The fourth-order valence-electron chi connectivity index (χ4n) is 1.60. The number of nitrogens with two attached hydrogens (primary N) is 1. The zero-order valence-corrected chi connectivity index (χ0v) is 7.88. The number of aryl methyl sites for hydroxylation is 1. The van der Waals surface area contributed by atoms with Gasteiger partial charge in [0, 0.05) is 12.6 Å². The Labute approximate surface area is 78.4 Å². The summed E-state index contributed by atoms with van der Waals surface area (Å²) >= 11 is 0. The van der Waals surface area contributed by atoms with E-state index < -0.39 is 0 Å². The van der Waals surface area contributed by atoms with Crippen molar-refractivity contribution in [3.05, 3.63) is 23.5 Å². The van der Waals surface area contributed by atoms with Crippen LogP contribution in [0, 0.1) is 0 Å². The van der Waals surface area contributed by atoms with Gasteiger partial charge in [-0.3, -0.25) is 4.98 Å². The predicted molar refractivity (Wildman–Crippen MR) is 53.7 cm³/mol. The molecule has 3 heteroatoms. The average Bonchev–Trinajstić information content (AvgIpc) is 2.17. The maximum Gasteiger partial charge on any atom is 0.0639 e. The smallest absolute Gasteiger partial charge is 0.0639 e. The molecule has 1 unspecified atom stereocenters. The molecule has 0 aliphatic carbocycles. The minimum atomic E-state index is 0.0345. The van der Waals surface area contributed by atoms with Crippen LogP contribution in [0.15, 0.2) is 12.1 Å². The van der Waals surface area contributed by atoms with Gasteiger partial charge in [0.05, 0.1) is 17.1 Å². The molecule has 0 amide bonds. The Hall–Kier alpha value is -1.09. The van der Waals surface area contributed by atoms with Crippen LogP contribution in [0.4, 0.5) is 5.69 Å². The van der Waals surface area contributed by atoms with E-state index in [1.54, 1.807) is 0 Å². The quantitative estimate of drug-likeness (QED) is 0.682. The van der Waals surface area contributed by atoms with Crippen LogP contribution in [0.25, 0.3) is 0 Å². The van der Waals surface area contributed by atoms with Crippen molar-refractivity contribution < 1.29 is 0 Å². The molecule has 0 aromatic carbocycles. The molecule has 2 rings (SSSR count). The van der Waals surface area contributed by atoms with Gasteiger partial charge in [-0.1, -0.05) is 0 Å². The number of nitrogens with one attached hydrogen (secondary N) is 1. The van der Waals surface area contributed by atoms with Crippen LogP contribution in [0.2, 0.25) is 0 Å². The lowest BCUT2D eigenvalue weighted by Crippen LogP contribution is -2.15. The Kier molecular flexibility index (Phi) is 2.19. The third-order valence-electron chi connectivity index (χ3n) is 2.37. The molecule has 1 aromatic rings. The van der Waals surface area contributed by atoms with E-state index in [9.17, 15) is 0 Å². The molecular formula is C10H15N3. The molecule has 0 saturated heterocycles. The van der Waals surface area contributed by atoms with Crippen molar-refractivity contribution in [3.63, 3.8) is 0 Å². The summed E-state index contributed by atoms with van der Waals surface area (Å²) in [6, 6.07) is 4.12. The van der Waals surface area contributed by atoms with Crippen molar-refractivity contribution in [1.82, 2.24) is 4.98 Å². The van der Waals surface area contributed by atoms with Gasteiger partial charge < -0.3 is 11.1 Å². The molecule has 0 fully saturated rings. The van der Waals surface area contributed by atoms with Crippen molar-refractivity contribution in [3.8, 4) is 0 Å². The van der Waals surface area contributed by atoms with Crippen molar-refractivity contribution in [2.45, 2.75) is 25.8 Å². The maximum atomic E-state index is 5.76. The highest BCUT2D eigenvalue weighted by atomic mass is 14.9. The van der Waals surface area contributed by atoms with Gasteiger partial charge in [-0.2, -0.15) is 0 Å². The van der Waals surface area contributed by atoms with Crippen molar-refractivity contribution in [2.24, 2.45) is 5.73 Å². The minimum Gasteiger partial charge on any atom is -0.384 e. The minimum absolute atomic E-state index is 0.0345. The first-order chi connectivity index (χ1) is 6.27. The SMILES string of the molecule is CC(N)c1ccc2c(n1)CCCN2. The van der Waals surface area contributed by atoms with Gasteiger partial charge in [0.25, 0.3) is 0 Å². The lowest BCUT2D eigenvalue weighted by molar-refractivity contribution is 0.742. The molecule has 70 valence electrons. The molecule has 2 heterocycles. The highest BCUT2D eigenvalue weighted by molar-refractivity contribution is 5.50. The molecule has 3 nitrogen and oxygen atoms in total. The summed E-state index contributed by atoms with van der Waals surface area (Å²) in [4.78, 5) is 4.53. The molecular weight excluding hydrogens is 162 g/mol. The number of nitrogens with zero attached hydrogens (tertiary/aromatic N) is 1.